The predicted octanol–water partition coefficient (Wildman–Crippen LogP) is 2.05. The van der Waals surface area contributed by atoms with Crippen LogP contribution in [0.5, 0.6) is 0 Å². The molecule has 0 amide bonds. The number of methoxy groups -OCH3 is 1. The van der Waals surface area contributed by atoms with Gasteiger partial charge in [-0.05, 0) is 20.3 Å². The van der Waals surface area contributed by atoms with Gasteiger partial charge in [0.15, 0.2) is 0 Å². The van der Waals surface area contributed by atoms with Crippen molar-refractivity contribution in [3.05, 3.63) is 15.6 Å². The van der Waals surface area contributed by atoms with E-state index in [1.54, 1.807) is 18.4 Å². The van der Waals surface area contributed by atoms with Crippen molar-refractivity contribution in [3.63, 3.8) is 0 Å². The first kappa shape index (κ1) is 11.6. The number of ether oxygens (including phenoxy) is 1. The molecule has 14 heavy (non-hydrogen) atoms. The number of hydrogen-bond acceptors (Lipinski definition) is 4. The third-order valence-electron chi connectivity index (χ3n) is 1.91. The van der Waals surface area contributed by atoms with E-state index in [-0.39, 0.29) is 5.54 Å². The molecule has 0 aliphatic carbocycles. The molecule has 3 nitrogen and oxygen atoms in total. The van der Waals surface area contributed by atoms with Gasteiger partial charge in [-0.2, -0.15) is 0 Å². The predicted molar refractivity (Wildman–Crippen MR) is 59.4 cm³/mol. The highest BCUT2D eigenvalue weighted by atomic mass is 32.1. The summed E-state index contributed by atoms with van der Waals surface area (Å²) in [4.78, 5) is 5.63. The third kappa shape index (κ3) is 2.53. The van der Waals surface area contributed by atoms with E-state index in [2.05, 4.69) is 11.9 Å². The van der Waals surface area contributed by atoms with E-state index < -0.39 is 0 Å². The first-order chi connectivity index (χ1) is 6.49. The van der Waals surface area contributed by atoms with Gasteiger partial charge in [-0.15, -0.1) is 11.3 Å². The zero-order valence-electron chi connectivity index (χ0n) is 9.26. The van der Waals surface area contributed by atoms with Gasteiger partial charge in [0.1, 0.15) is 0 Å². The maximum atomic E-state index is 6.07. The van der Waals surface area contributed by atoms with Crippen molar-refractivity contribution in [3.8, 4) is 0 Å². The minimum atomic E-state index is -0.320. The molecule has 0 radical (unpaired) electrons. The van der Waals surface area contributed by atoms with E-state index in [9.17, 15) is 0 Å². The first-order valence-electron chi connectivity index (χ1n) is 4.76. The van der Waals surface area contributed by atoms with Crippen LogP contribution >= 0.6 is 11.3 Å². The van der Waals surface area contributed by atoms with Crippen LogP contribution in [0.1, 0.15) is 36.3 Å². The van der Waals surface area contributed by atoms with Crippen LogP contribution in [0.4, 0.5) is 0 Å². The summed E-state index contributed by atoms with van der Waals surface area (Å²) in [6.07, 6.45) is 0.956. The van der Waals surface area contributed by atoms with Crippen molar-refractivity contribution < 1.29 is 4.74 Å². The molecule has 0 fully saturated rings. The van der Waals surface area contributed by atoms with Gasteiger partial charge in [-0.1, -0.05) is 6.92 Å². The van der Waals surface area contributed by atoms with Crippen molar-refractivity contribution in [2.24, 2.45) is 5.73 Å². The van der Waals surface area contributed by atoms with Crippen LogP contribution in [0.3, 0.4) is 0 Å². The van der Waals surface area contributed by atoms with Crippen molar-refractivity contribution in [2.75, 3.05) is 7.11 Å². The number of hydrogen-bond donors (Lipinski definition) is 1. The molecule has 1 heterocycles. The summed E-state index contributed by atoms with van der Waals surface area (Å²) in [5.74, 6) is 0. The molecule has 0 saturated heterocycles. The molecule has 1 aromatic rings. The fraction of sp³-hybridized carbons (Fsp3) is 0.700. The average Bonchev–Trinajstić information content (AvgIpc) is 2.48. The summed E-state index contributed by atoms with van der Waals surface area (Å²) >= 11 is 1.69. The second-order valence-electron chi connectivity index (χ2n) is 3.89. The molecule has 2 N–H and O–H groups in total. The van der Waals surface area contributed by atoms with Crippen LogP contribution < -0.4 is 5.73 Å². The minimum Gasteiger partial charge on any atom is -0.378 e. The summed E-state index contributed by atoms with van der Waals surface area (Å²) in [6, 6.07) is 0. The van der Waals surface area contributed by atoms with E-state index in [4.69, 9.17) is 10.5 Å². The van der Waals surface area contributed by atoms with Crippen LogP contribution in [0, 0.1) is 0 Å². The Hall–Kier alpha value is -0.450. The topological polar surface area (TPSA) is 48.1 Å². The van der Waals surface area contributed by atoms with Gasteiger partial charge in [-0.25, -0.2) is 4.98 Å². The summed E-state index contributed by atoms with van der Waals surface area (Å²) in [5.41, 5.74) is 6.74. The smallest absolute Gasteiger partial charge is 0.0930 e. The van der Waals surface area contributed by atoms with Crippen molar-refractivity contribution >= 4 is 11.3 Å². The van der Waals surface area contributed by atoms with Gasteiger partial charge in [0, 0.05) is 17.5 Å². The van der Waals surface area contributed by atoms with E-state index in [0.29, 0.717) is 6.61 Å². The van der Waals surface area contributed by atoms with Gasteiger partial charge in [-0.3, -0.25) is 0 Å². The zero-order valence-corrected chi connectivity index (χ0v) is 10.1. The summed E-state index contributed by atoms with van der Waals surface area (Å²) in [7, 11) is 1.68. The lowest BCUT2D eigenvalue weighted by atomic mass is 10.0. The maximum absolute atomic E-state index is 6.07. The monoisotopic (exact) mass is 214 g/mol. The van der Waals surface area contributed by atoms with Crippen LogP contribution in [-0.4, -0.2) is 12.1 Å². The summed E-state index contributed by atoms with van der Waals surface area (Å²) in [6.45, 7) is 6.65. The fourth-order valence-corrected chi connectivity index (χ4v) is 2.31. The Labute approximate surface area is 89.3 Å². The molecule has 0 aliphatic heterocycles. The molecule has 0 spiro atoms. The SMILES string of the molecule is CCc1nc(COC)c(C(C)(C)N)s1. The largest absolute Gasteiger partial charge is 0.378 e. The number of rotatable bonds is 4. The summed E-state index contributed by atoms with van der Waals surface area (Å²) in [5, 5.41) is 1.13. The number of nitrogens with zero attached hydrogens (tertiary/aromatic N) is 1. The van der Waals surface area contributed by atoms with Crippen LogP contribution in [0.2, 0.25) is 0 Å². The highest BCUT2D eigenvalue weighted by molar-refractivity contribution is 7.11. The fourth-order valence-electron chi connectivity index (χ4n) is 1.29. The second kappa shape index (κ2) is 4.38. The standard InChI is InChI=1S/C10H18N2OS/c1-5-8-12-7(6-13-4)9(14-8)10(2,3)11/h5-6,11H2,1-4H3. The Morgan fingerprint density at radius 1 is 1.50 bits per heavy atom. The first-order valence-corrected chi connectivity index (χ1v) is 5.57. The van der Waals surface area contributed by atoms with Gasteiger partial charge in [0.2, 0.25) is 0 Å². The van der Waals surface area contributed by atoms with E-state index >= 15 is 0 Å². The molecule has 0 aromatic carbocycles. The number of aryl methyl sites for hydroxylation is 1. The van der Waals surface area contributed by atoms with Crippen molar-refractivity contribution in [1.29, 1.82) is 0 Å². The van der Waals surface area contributed by atoms with Gasteiger partial charge >= 0.3 is 0 Å². The molecule has 0 atom stereocenters. The van der Waals surface area contributed by atoms with Crippen LogP contribution in [0.25, 0.3) is 0 Å². The van der Waals surface area contributed by atoms with E-state index in [1.165, 1.54) is 0 Å². The maximum Gasteiger partial charge on any atom is 0.0930 e. The number of thiazole rings is 1. The molecule has 0 saturated carbocycles. The molecule has 4 heteroatoms. The Bertz CT molecular complexity index is 302. The van der Waals surface area contributed by atoms with E-state index in [0.717, 1.165) is 22.0 Å². The number of nitrogens with two attached hydrogens (primary N) is 1. The Kier molecular flexibility index (Phi) is 3.64. The minimum absolute atomic E-state index is 0.320. The molecule has 0 bridgehead atoms. The third-order valence-corrected chi connectivity index (χ3v) is 3.49. The lowest BCUT2D eigenvalue weighted by Crippen LogP contribution is -2.28. The molecule has 1 aromatic heterocycles. The van der Waals surface area contributed by atoms with Crippen molar-refractivity contribution in [1.82, 2.24) is 4.98 Å². The van der Waals surface area contributed by atoms with Gasteiger partial charge < -0.3 is 10.5 Å². The quantitative estimate of drug-likeness (QED) is 0.834. The molecule has 1 rings (SSSR count). The average molecular weight is 214 g/mol. The van der Waals surface area contributed by atoms with Gasteiger partial charge in [0.05, 0.1) is 17.3 Å². The lowest BCUT2D eigenvalue weighted by Gasteiger charge is -2.17. The Balaban J connectivity index is 3.06. The second-order valence-corrected chi connectivity index (χ2v) is 4.98. The molecular formula is C10H18N2OS. The molecule has 0 unspecified atom stereocenters. The highest BCUT2D eigenvalue weighted by Gasteiger charge is 2.22. The molecular weight excluding hydrogens is 196 g/mol. The zero-order chi connectivity index (χ0) is 10.8. The Morgan fingerprint density at radius 3 is 2.57 bits per heavy atom. The summed E-state index contributed by atoms with van der Waals surface area (Å²) < 4.78 is 5.11. The number of aromatic nitrogens is 1. The normalized spacial score (nSPS) is 12.1. The van der Waals surface area contributed by atoms with Crippen molar-refractivity contribution in [2.45, 2.75) is 39.3 Å². The Morgan fingerprint density at radius 2 is 2.14 bits per heavy atom. The lowest BCUT2D eigenvalue weighted by molar-refractivity contribution is 0.180. The molecule has 0 aliphatic rings. The van der Waals surface area contributed by atoms with Gasteiger partial charge in [0.25, 0.3) is 0 Å². The molecule has 80 valence electrons. The highest BCUT2D eigenvalue weighted by Crippen LogP contribution is 2.28. The van der Waals surface area contributed by atoms with E-state index in [1.807, 2.05) is 13.8 Å². The van der Waals surface area contributed by atoms with Crippen LogP contribution in [0.15, 0.2) is 0 Å². The van der Waals surface area contributed by atoms with Crippen LogP contribution in [-0.2, 0) is 23.3 Å².